The Morgan fingerprint density at radius 1 is 1.44 bits per heavy atom. The maximum atomic E-state index is 12.0. The predicted octanol–water partition coefficient (Wildman–Crippen LogP) is 0.608. The van der Waals surface area contributed by atoms with Gasteiger partial charge in [-0.1, -0.05) is 6.07 Å². The van der Waals surface area contributed by atoms with Gasteiger partial charge in [0, 0.05) is 12.6 Å². The predicted molar refractivity (Wildman–Crippen MR) is 70.4 cm³/mol. The van der Waals surface area contributed by atoms with Crippen LogP contribution in [0.2, 0.25) is 0 Å². The molecule has 1 aliphatic heterocycles. The van der Waals surface area contributed by atoms with Crippen LogP contribution < -0.4 is 21.1 Å². The third-order valence-electron chi connectivity index (χ3n) is 3.16. The zero-order chi connectivity index (χ0) is 13.1. The molecule has 0 bridgehead atoms. The van der Waals surface area contributed by atoms with Crippen molar-refractivity contribution in [3.63, 3.8) is 0 Å². The number of benzene rings is 1. The Kier molecular flexibility index (Phi) is 3.84. The van der Waals surface area contributed by atoms with Crippen molar-refractivity contribution in [2.24, 2.45) is 11.5 Å². The second kappa shape index (κ2) is 5.37. The highest BCUT2D eigenvalue weighted by molar-refractivity contribution is 5.98. The van der Waals surface area contributed by atoms with E-state index in [1.54, 1.807) is 4.90 Å². The molecule has 1 amide bonds. The molecule has 1 atom stereocenters. The lowest BCUT2D eigenvalue weighted by Gasteiger charge is -2.34. The van der Waals surface area contributed by atoms with E-state index >= 15 is 0 Å². The van der Waals surface area contributed by atoms with E-state index in [0.29, 0.717) is 13.1 Å². The lowest BCUT2D eigenvalue weighted by Crippen LogP contribution is -2.45. The first kappa shape index (κ1) is 12.9. The number of nitrogens with two attached hydrogens (primary N) is 2. The molecular weight excluding hydrogens is 230 g/mol. The largest absolute Gasteiger partial charge is 0.482 e. The van der Waals surface area contributed by atoms with Gasteiger partial charge in [0.1, 0.15) is 5.75 Å². The summed E-state index contributed by atoms with van der Waals surface area (Å²) in [6.07, 6.45) is 0.762. The SMILES string of the molecule is CC(CCN)N1C(=O)COc2ccc(CN)cc21. The number of anilines is 1. The van der Waals surface area contributed by atoms with Gasteiger partial charge in [-0.05, 0) is 37.6 Å². The smallest absolute Gasteiger partial charge is 0.265 e. The molecule has 4 N–H and O–H groups in total. The molecule has 0 saturated carbocycles. The second-order valence-corrected chi connectivity index (χ2v) is 4.48. The number of amides is 1. The van der Waals surface area contributed by atoms with Crippen LogP contribution in [-0.4, -0.2) is 25.1 Å². The van der Waals surface area contributed by atoms with Gasteiger partial charge in [-0.3, -0.25) is 4.79 Å². The molecule has 0 aromatic heterocycles. The number of hydrogen-bond donors (Lipinski definition) is 2. The highest BCUT2D eigenvalue weighted by atomic mass is 16.5. The normalized spacial score (nSPS) is 16.2. The zero-order valence-corrected chi connectivity index (χ0v) is 10.6. The Bertz CT molecular complexity index is 448. The number of nitrogens with zero attached hydrogens (tertiary/aromatic N) is 1. The fraction of sp³-hybridized carbons (Fsp3) is 0.462. The molecule has 1 aromatic carbocycles. The molecular formula is C13H19N3O2. The maximum Gasteiger partial charge on any atom is 0.265 e. The first-order valence-corrected chi connectivity index (χ1v) is 6.15. The van der Waals surface area contributed by atoms with E-state index in [-0.39, 0.29) is 18.6 Å². The van der Waals surface area contributed by atoms with Crippen molar-refractivity contribution in [3.05, 3.63) is 23.8 Å². The van der Waals surface area contributed by atoms with E-state index < -0.39 is 0 Å². The molecule has 1 unspecified atom stereocenters. The summed E-state index contributed by atoms with van der Waals surface area (Å²) in [7, 11) is 0. The molecule has 18 heavy (non-hydrogen) atoms. The van der Waals surface area contributed by atoms with Gasteiger partial charge >= 0.3 is 0 Å². The fourth-order valence-electron chi connectivity index (χ4n) is 2.20. The highest BCUT2D eigenvalue weighted by Crippen LogP contribution is 2.34. The molecule has 5 nitrogen and oxygen atoms in total. The van der Waals surface area contributed by atoms with Gasteiger partial charge in [0.15, 0.2) is 6.61 Å². The van der Waals surface area contributed by atoms with E-state index in [1.165, 1.54) is 0 Å². The summed E-state index contributed by atoms with van der Waals surface area (Å²) in [5, 5.41) is 0. The van der Waals surface area contributed by atoms with Crippen molar-refractivity contribution in [3.8, 4) is 5.75 Å². The Hall–Kier alpha value is -1.59. The lowest BCUT2D eigenvalue weighted by molar-refractivity contribution is -0.121. The standard InChI is InChI=1S/C13H19N3O2/c1-9(4-5-14)16-11-6-10(7-15)2-3-12(11)18-8-13(16)17/h2-3,6,9H,4-5,7-8,14-15H2,1H3. The van der Waals surface area contributed by atoms with Crippen molar-refractivity contribution in [1.29, 1.82) is 0 Å². The number of carbonyl (C=O) groups excluding carboxylic acids is 1. The lowest BCUT2D eigenvalue weighted by atomic mass is 10.1. The van der Waals surface area contributed by atoms with Crippen molar-refractivity contribution in [2.45, 2.75) is 25.9 Å². The topological polar surface area (TPSA) is 81.6 Å². The zero-order valence-electron chi connectivity index (χ0n) is 10.6. The van der Waals surface area contributed by atoms with Crippen molar-refractivity contribution in [1.82, 2.24) is 0 Å². The molecule has 0 fully saturated rings. The van der Waals surface area contributed by atoms with Crippen LogP contribution >= 0.6 is 0 Å². The van der Waals surface area contributed by atoms with Crippen LogP contribution in [0.15, 0.2) is 18.2 Å². The molecule has 2 rings (SSSR count). The number of carbonyl (C=O) groups is 1. The molecule has 1 aromatic rings. The van der Waals surface area contributed by atoms with Gasteiger partial charge in [-0.25, -0.2) is 0 Å². The summed E-state index contributed by atoms with van der Waals surface area (Å²) in [6.45, 7) is 3.08. The number of hydrogen-bond acceptors (Lipinski definition) is 4. The van der Waals surface area contributed by atoms with E-state index in [9.17, 15) is 4.79 Å². The van der Waals surface area contributed by atoms with E-state index in [0.717, 1.165) is 23.4 Å². The molecule has 1 heterocycles. The number of rotatable bonds is 4. The van der Waals surface area contributed by atoms with Crippen LogP contribution in [0, 0.1) is 0 Å². The van der Waals surface area contributed by atoms with E-state index in [1.807, 2.05) is 25.1 Å². The van der Waals surface area contributed by atoms with Gasteiger partial charge in [-0.2, -0.15) is 0 Å². The van der Waals surface area contributed by atoms with Crippen LogP contribution in [0.3, 0.4) is 0 Å². The van der Waals surface area contributed by atoms with E-state index in [2.05, 4.69) is 0 Å². The summed E-state index contributed by atoms with van der Waals surface area (Å²) >= 11 is 0. The van der Waals surface area contributed by atoms with Crippen molar-refractivity contribution < 1.29 is 9.53 Å². The summed E-state index contributed by atoms with van der Waals surface area (Å²) in [5.74, 6) is 0.702. The summed E-state index contributed by atoms with van der Waals surface area (Å²) < 4.78 is 5.43. The highest BCUT2D eigenvalue weighted by Gasteiger charge is 2.29. The summed E-state index contributed by atoms with van der Waals surface area (Å²) in [4.78, 5) is 13.8. The first-order chi connectivity index (χ1) is 8.67. The second-order valence-electron chi connectivity index (χ2n) is 4.48. The third-order valence-corrected chi connectivity index (χ3v) is 3.16. The van der Waals surface area contributed by atoms with Crippen LogP contribution in [0.1, 0.15) is 18.9 Å². The van der Waals surface area contributed by atoms with Crippen LogP contribution in [0.25, 0.3) is 0 Å². The Morgan fingerprint density at radius 3 is 2.89 bits per heavy atom. The monoisotopic (exact) mass is 249 g/mol. The van der Waals surface area contributed by atoms with Crippen molar-refractivity contribution in [2.75, 3.05) is 18.1 Å². The number of ether oxygens (including phenoxy) is 1. The summed E-state index contributed by atoms with van der Waals surface area (Å²) in [6, 6.07) is 5.77. The fourth-order valence-corrected chi connectivity index (χ4v) is 2.20. The van der Waals surface area contributed by atoms with Gasteiger partial charge in [0.25, 0.3) is 5.91 Å². The first-order valence-electron chi connectivity index (χ1n) is 6.15. The molecule has 0 spiro atoms. The minimum absolute atomic E-state index is 0.0300. The molecule has 5 heteroatoms. The van der Waals surface area contributed by atoms with Crippen LogP contribution in [0.4, 0.5) is 5.69 Å². The minimum atomic E-state index is -0.0300. The summed E-state index contributed by atoms with van der Waals surface area (Å²) in [5.41, 5.74) is 13.0. The van der Waals surface area contributed by atoms with Crippen LogP contribution in [-0.2, 0) is 11.3 Å². The Labute approximate surface area is 107 Å². The number of fused-ring (bicyclic) bond motifs is 1. The molecule has 98 valence electrons. The maximum absolute atomic E-state index is 12.0. The Morgan fingerprint density at radius 2 is 2.22 bits per heavy atom. The van der Waals surface area contributed by atoms with Gasteiger partial charge < -0.3 is 21.1 Å². The van der Waals surface area contributed by atoms with Crippen molar-refractivity contribution >= 4 is 11.6 Å². The average molecular weight is 249 g/mol. The van der Waals surface area contributed by atoms with Gasteiger partial charge in [0.2, 0.25) is 0 Å². The van der Waals surface area contributed by atoms with Gasteiger partial charge in [0.05, 0.1) is 5.69 Å². The molecule has 0 aliphatic carbocycles. The Balaban J connectivity index is 2.38. The third kappa shape index (κ3) is 2.32. The van der Waals surface area contributed by atoms with Gasteiger partial charge in [-0.15, -0.1) is 0 Å². The molecule has 0 saturated heterocycles. The average Bonchev–Trinajstić information content (AvgIpc) is 2.38. The van der Waals surface area contributed by atoms with Crippen LogP contribution in [0.5, 0.6) is 5.75 Å². The minimum Gasteiger partial charge on any atom is -0.482 e. The molecule has 1 aliphatic rings. The quantitative estimate of drug-likeness (QED) is 0.819. The molecule has 0 radical (unpaired) electrons. The van der Waals surface area contributed by atoms with E-state index in [4.69, 9.17) is 16.2 Å².